The van der Waals surface area contributed by atoms with Crippen molar-refractivity contribution in [3.63, 3.8) is 0 Å². The number of aromatic nitrogens is 2. The summed E-state index contributed by atoms with van der Waals surface area (Å²) in [6.45, 7) is 7.42. The zero-order valence-electron chi connectivity index (χ0n) is 16.1. The van der Waals surface area contributed by atoms with Crippen LogP contribution in [0.1, 0.15) is 37.6 Å². The molecule has 7 heteroatoms. The van der Waals surface area contributed by atoms with Crippen LogP contribution in [0.4, 0.5) is 4.39 Å². The van der Waals surface area contributed by atoms with Crippen molar-refractivity contribution in [1.29, 1.82) is 0 Å². The molecule has 2 aromatic rings. The van der Waals surface area contributed by atoms with E-state index < -0.39 is 0 Å². The predicted octanol–water partition coefficient (Wildman–Crippen LogP) is 4.06. The molecule has 27 heavy (non-hydrogen) atoms. The minimum Gasteiger partial charge on any atom is -0.357 e. The maximum Gasteiger partial charge on any atom is 0.191 e. The van der Waals surface area contributed by atoms with Gasteiger partial charge in [-0.1, -0.05) is 22.0 Å². The summed E-state index contributed by atoms with van der Waals surface area (Å²) in [5.74, 6) is 1.72. The molecule has 0 amide bonds. The van der Waals surface area contributed by atoms with Crippen molar-refractivity contribution >= 4 is 21.9 Å². The number of unbranched alkanes of at least 4 members (excludes halogenated alkanes) is 1. The van der Waals surface area contributed by atoms with Crippen molar-refractivity contribution in [2.75, 3.05) is 19.6 Å². The van der Waals surface area contributed by atoms with E-state index in [1.54, 1.807) is 0 Å². The molecule has 5 nitrogen and oxygen atoms in total. The number of halogens is 2. The molecule has 1 heterocycles. The van der Waals surface area contributed by atoms with Gasteiger partial charge < -0.3 is 15.2 Å². The van der Waals surface area contributed by atoms with Crippen LogP contribution in [0.5, 0.6) is 0 Å². The van der Waals surface area contributed by atoms with Crippen LogP contribution in [-0.4, -0.2) is 35.1 Å². The molecule has 2 N–H and O–H groups in total. The molecule has 0 unspecified atom stereocenters. The van der Waals surface area contributed by atoms with Crippen molar-refractivity contribution in [1.82, 2.24) is 20.2 Å². The van der Waals surface area contributed by atoms with Gasteiger partial charge in [0.15, 0.2) is 5.96 Å². The Morgan fingerprint density at radius 3 is 2.81 bits per heavy atom. The van der Waals surface area contributed by atoms with Gasteiger partial charge in [-0.2, -0.15) is 0 Å². The molecule has 1 aromatic carbocycles. The van der Waals surface area contributed by atoms with Crippen LogP contribution < -0.4 is 10.6 Å². The third-order valence-electron chi connectivity index (χ3n) is 4.28. The number of rotatable bonds is 10. The smallest absolute Gasteiger partial charge is 0.191 e. The fraction of sp³-hybridized carbons (Fsp3) is 0.500. The zero-order chi connectivity index (χ0) is 19.5. The number of nitrogens with zero attached hydrogens (tertiary/aromatic N) is 3. The van der Waals surface area contributed by atoms with Gasteiger partial charge in [0.2, 0.25) is 0 Å². The van der Waals surface area contributed by atoms with E-state index in [1.807, 2.05) is 31.5 Å². The average Bonchev–Trinajstić information content (AvgIpc) is 3.04. The van der Waals surface area contributed by atoms with Crippen LogP contribution in [-0.2, 0) is 13.0 Å². The second-order valence-corrected chi connectivity index (χ2v) is 7.32. The van der Waals surface area contributed by atoms with Crippen LogP contribution in [0.3, 0.4) is 0 Å². The quantitative estimate of drug-likeness (QED) is 0.334. The van der Waals surface area contributed by atoms with Gasteiger partial charge >= 0.3 is 0 Å². The number of aliphatic imine (C=N–C) groups is 1. The lowest BCUT2D eigenvalue weighted by atomic mass is 10.1. The molecule has 0 aliphatic heterocycles. The summed E-state index contributed by atoms with van der Waals surface area (Å²) in [4.78, 5) is 8.82. The van der Waals surface area contributed by atoms with Gasteiger partial charge in [-0.3, -0.25) is 4.99 Å². The monoisotopic (exact) mass is 437 g/mol. The Labute approximate surface area is 169 Å². The first kappa shape index (κ1) is 21.4. The molecule has 0 bridgehead atoms. The molecule has 2 rings (SSSR count). The van der Waals surface area contributed by atoms with Gasteiger partial charge in [0.05, 0.1) is 0 Å². The van der Waals surface area contributed by atoms with E-state index >= 15 is 0 Å². The second-order valence-electron chi connectivity index (χ2n) is 6.40. The summed E-state index contributed by atoms with van der Waals surface area (Å²) in [7, 11) is 0. The maximum atomic E-state index is 13.8. The summed E-state index contributed by atoms with van der Waals surface area (Å²) >= 11 is 3.28. The first-order valence-electron chi connectivity index (χ1n) is 9.54. The Morgan fingerprint density at radius 1 is 1.26 bits per heavy atom. The lowest BCUT2D eigenvalue weighted by Gasteiger charge is -2.11. The number of hydrogen-bond acceptors (Lipinski definition) is 2. The minimum atomic E-state index is -0.161. The van der Waals surface area contributed by atoms with Crippen LogP contribution in [0.15, 0.2) is 40.1 Å². The number of guanidine groups is 1. The first-order valence-corrected chi connectivity index (χ1v) is 10.3. The Bertz CT molecular complexity index is 729. The van der Waals surface area contributed by atoms with E-state index in [-0.39, 0.29) is 5.82 Å². The Morgan fingerprint density at radius 2 is 2.11 bits per heavy atom. The molecule has 0 radical (unpaired) electrons. The summed E-state index contributed by atoms with van der Waals surface area (Å²) < 4.78 is 16.8. The van der Waals surface area contributed by atoms with Crippen LogP contribution in [0.2, 0.25) is 0 Å². The molecule has 148 valence electrons. The van der Waals surface area contributed by atoms with Gasteiger partial charge in [0, 0.05) is 43.0 Å². The standard InChI is InChI=1S/C20H29BrFN5/c1-3-23-20(25-10-4-5-13-27-14-12-24-16(27)2)26-11-6-7-17-8-9-18(21)15-19(17)22/h8-9,12,14-15H,3-7,10-11,13H2,1-2H3,(H2,23,25,26). The number of benzene rings is 1. The van der Waals surface area contributed by atoms with Gasteiger partial charge in [-0.15, -0.1) is 0 Å². The van der Waals surface area contributed by atoms with Crippen molar-refractivity contribution in [3.05, 3.63) is 52.3 Å². The van der Waals surface area contributed by atoms with Gasteiger partial charge in [0.1, 0.15) is 11.6 Å². The lowest BCUT2D eigenvalue weighted by Crippen LogP contribution is -2.38. The van der Waals surface area contributed by atoms with E-state index in [9.17, 15) is 4.39 Å². The largest absolute Gasteiger partial charge is 0.357 e. The highest BCUT2D eigenvalue weighted by Gasteiger charge is 2.03. The van der Waals surface area contributed by atoms with Crippen molar-refractivity contribution in [3.8, 4) is 0 Å². The highest BCUT2D eigenvalue weighted by atomic mass is 79.9. The first-order chi connectivity index (χ1) is 13.1. The molecule has 1 aromatic heterocycles. The number of imidazole rings is 1. The third kappa shape index (κ3) is 7.71. The Balaban J connectivity index is 1.67. The Kier molecular flexibility index (Phi) is 9.31. The van der Waals surface area contributed by atoms with E-state index in [2.05, 4.69) is 48.0 Å². The molecule has 0 spiro atoms. The number of hydrogen-bond donors (Lipinski definition) is 2. The molecule has 0 aliphatic carbocycles. The molecular weight excluding hydrogens is 409 g/mol. The van der Waals surface area contributed by atoms with Crippen LogP contribution in [0, 0.1) is 12.7 Å². The fourth-order valence-electron chi connectivity index (χ4n) is 2.78. The molecule has 0 saturated heterocycles. The molecule has 0 saturated carbocycles. The van der Waals surface area contributed by atoms with Gasteiger partial charge in [-0.05, 0) is 57.2 Å². The summed E-state index contributed by atoms with van der Waals surface area (Å²) in [6, 6.07) is 5.21. The highest BCUT2D eigenvalue weighted by Crippen LogP contribution is 2.16. The lowest BCUT2D eigenvalue weighted by molar-refractivity contribution is 0.588. The van der Waals surface area contributed by atoms with Crippen LogP contribution >= 0.6 is 15.9 Å². The maximum absolute atomic E-state index is 13.8. The number of nitrogens with one attached hydrogen (secondary N) is 2. The predicted molar refractivity (Wildman–Crippen MR) is 113 cm³/mol. The van der Waals surface area contributed by atoms with Crippen molar-refractivity contribution in [2.24, 2.45) is 4.99 Å². The molecule has 0 fully saturated rings. The van der Waals surface area contributed by atoms with Gasteiger partial charge in [-0.25, -0.2) is 9.37 Å². The van der Waals surface area contributed by atoms with Crippen molar-refractivity contribution < 1.29 is 4.39 Å². The van der Waals surface area contributed by atoms with E-state index in [4.69, 9.17) is 0 Å². The highest BCUT2D eigenvalue weighted by molar-refractivity contribution is 9.10. The second kappa shape index (κ2) is 11.7. The summed E-state index contributed by atoms with van der Waals surface area (Å²) in [5.41, 5.74) is 0.737. The molecule has 0 atom stereocenters. The third-order valence-corrected chi connectivity index (χ3v) is 4.77. The SMILES string of the molecule is CCNC(=NCCCc1ccc(Br)cc1F)NCCCCn1ccnc1C. The summed E-state index contributed by atoms with van der Waals surface area (Å²) in [5, 5.41) is 6.62. The normalized spacial score (nSPS) is 11.6. The minimum absolute atomic E-state index is 0.161. The Hall–Kier alpha value is -1.89. The van der Waals surface area contributed by atoms with Crippen molar-refractivity contribution in [2.45, 2.75) is 46.1 Å². The number of aryl methyl sites for hydroxylation is 3. The van der Waals surface area contributed by atoms with E-state index in [0.717, 1.165) is 60.7 Å². The topological polar surface area (TPSA) is 54.2 Å². The van der Waals surface area contributed by atoms with E-state index in [0.29, 0.717) is 13.0 Å². The molecular formula is C20H29BrFN5. The summed E-state index contributed by atoms with van der Waals surface area (Å²) in [6.07, 6.45) is 7.51. The zero-order valence-corrected chi connectivity index (χ0v) is 17.7. The van der Waals surface area contributed by atoms with Crippen LogP contribution in [0.25, 0.3) is 0 Å². The van der Waals surface area contributed by atoms with Gasteiger partial charge in [0.25, 0.3) is 0 Å². The average molecular weight is 438 g/mol. The van der Waals surface area contributed by atoms with E-state index in [1.165, 1.54) is 6.07 Å². The fourth-order valence-corrected chi connectivity index (χ4v) is 3.11. The molecule has 0 aliphatic rings.